The van der Waals surface area contributed by atoms with Crippen molar-refractivity contribution in [2.45, 2.75) is 0 Å². The Morgan fingerprint density at radius 2 is 1.60 bits per heavy atom. The molecule has 0 radical (unpaired) electrons. The number of rotatable bonds is 4. The third kappa shape index (κ3) is 4.65. The van der Waals surface area contributed by atoms with Gasteiger partial charge in [0.15, 0.2) is 0 Å². The summed E-state index contributed by atoms with van der Waals surface area (Å²) in [5.41, 5.74) is 2.12. The van der Waals surface area contributed by atoms with Gasteiger partial charge in [-0.05, 0) is 23.8 Å². The fourth-order valence-corrected chi connectivity index (χ4v) is 1.60. The first-order valence-electron chi connectivity index (χ1n) is 6.27. The standard InChI is InChI=1S/2C9H10O/c1-3-8-5-4-6-9(7-8)10-2;1-3-8-6-4-5-7-9(8)10-2/h2*3-7H,1H2,2H3. The Hall–Kier alpha value is -2.48. The lowest BCUT2D eigenvalue weighted by Gasteiger charge is -2.01. The Morgan fingerprint density at radius 3 is 2.15 bits per heavy atom. The van der Waals surface area contributed by atoms with Crippen LogP contribution in [0, 0.1) is 0 Å². The Bertz CT molecular complexity index is 559. The molecular weight excluding hydrogens is 248 g/mol. The predicted octanol–water partition coefficient (Wildman–Crippen LogP) is 4.68. The number of benzene rings is 2. The molecule has 0 N–H and O–H groups in total. The van der Waals surface area contributed by atoms with Crippen molar-refractivity contribution in [2.24, 2.45) is 0 Å². The van der Waals surface area contributed by atoms with Crippen molar-refractivity contribution in [2.75, 3.05) is 14.2 Å². The quantitative estimate of drug-likeness (QED) is 0.801. The molecule has 0 atom stereocenters. The molecule has 2 heteroatoms. The molecular formula is C18H20O2. The average molecular weight is 268 g/mol. The lowest BCUT2D eigenvalue weighted by Crippen LogP contribution is -1.84. The van der Waals surface area contributed by atoms with Gasteiger partial charge in [-0.15, -0.1) is 0 Å². The van der Waals surface area contributed by atoms with Crippen LogP contribution in [0.1, 0.15) is 11.1 Å². The molecule has 0 saturated carbocycles. The zero-order chi connectivity index (χ0) is 14.8. The summed E-state index contributed by atoms with van der Waals surface area (Å²) in [6, 6.07) is 15.5. The molecule has 0 heterocycles. The highest BCUT2D eigenvalue weighted by Crippen LogP contribution is 2.17. The van der Waals surface area contributed by atoms with Crippen LogP contribution in [-0.2, 0) is 0 Å². The van der Waals surface area contributed by atoms with Crippen molar-refractivity contribution in [1.82, 2.24) is 0 Å². The van der Waals surface area contributed by atoms with Crippen LogP contribution in [0.15, 0.2) is 61.7 Å². The van der Waals surface area contributed by atoms with Crippen molar-refractivity contribution in [1.29, 1.82) is 0 Å². The summed E-state index contributed by atoms with van der Waals surface area (Å²) in [5.74, 6) is 1.75. The first-order chi connectivity index (χ1) is 9.74. The highest BCUT2D eigenvalue weighted by atomic mass is 16.5. The number of ether oxygens (including phenoxy) is 2. The third-order valence-corrected chi connectivity index (χ3v) is 2.69. The summed E-state index contributed by atoms with van der Waals surface area (Å²) in [6.45, 7) is 7.31. The van der Waals surface area contributed by atoms with Gasteiger partial charge in [-0.2, -0.15) is 0 Å². The molecule has 0 aromatic heterocycles. The van der Waals surface area contributed by atoms with Crippen molar-refractivity contribution in [3.05, 3.63) is 72.8 Å². The van der Waals surface area contributed by atoms with Crippen molar-refractivity contribution in [3.63, 3.8) is 0 Å². The summed E-state index contributed by atoms with van der Waals surface area (Å²) in [6.07, 6.45) is 3.57. The minimum atomic E-state index is 0.873. The van der Waals surface area contributed by atoms with Gasteiger partial charge in [0, 0.05) is 5.56 Å². The van der Waals surface area contributed by atoms with Crippen LogP contribution in [0.4, 0.5) is 0 Å². The molecule has 20 heavy (non-hydrogen) atoms. The van der Waals surface area contributed by atoms with Gasteiger partial charge in [0.1, 0.15) is 11.5 Å². The summed E-state index contributed by atoms with van der Waals surface area (Å²) >= 11 is 0. The van der Waals surface area contributed by atoms with E-state index in [1.165, 1.54) is 0 Å². The van der Waals surface area contributed by atoms with E-state index in [1.54, 1.807) is 26.4 Å². The van der Waals surface area contributed by atoms with Gasteiger partial charge >= 0.3 is 0 Å². The van der Waals surface area contributed by atoms with E-state index in [0.717, 1.165) is 22.6 Å². The molecule has 0 spiro atoms. The lowest BCUT2D eigenvalue weighted by molar-refractivity contribution is 0.414. The van der Waals surface area contributed by atoms with E-state index in [-0.39, 0.29) is 0 Å². The zero-order valence-electron chi connectivity index (χ0n) is 12.0. The van der Waals surface area contributed by atoms with Crippen molar-refractivity contribution in [3.8, 4) is 11.5 Å². The smallest absolute Gasteiger partial charge is 0.126 e. The van der Waals surface area contributed by atoms with Crippen LogP contribution in [0.25, 0.3) is 12.2 Å². The van der Waals surface area contributed by atoms with Gasteiger partial charge in [0.2, 0.25) is 0 Å². The topological polar surface area (TPSA) is 18.5 Å². The first-order valence-corrected chi connectivity index (χ1v) is 6.27. The minimum absolute atomic E-state index is 0.873. The average Bonchev–Trinajstić information content (AvgIpc) is 2.55. The molecule has 0 aliphatic rings. The largest absolute Gasteiger partial charge is 0.497 e. The molecule has 0 bridgehead atoms. The van der Waals surface area contributed by atoms with Gasteiger partial charge in [-0.1, -0.05) is 55.6 Å². The lowest BCUT2D eigenvalue weighted by atomic mass is 10.2. The van der Waals surface area contributed by atoms with Gasteiger partial charge in [-0.25, -0.2) is 0 Å². The van der Waals surface area contributed by atoms with Gasteiger partial charge < -0.3 is 9.47 Å². The Morgan fingerprint density at radius 1 is 0.850 bits per heavy atom. The second kappa shape index (κ2) is 8.59. The van der Waals surface area contributed by atoms with Crippen LogP contribution < -0.4 is 9.47 Å². The summed E-state index contributed by atoms with van der Waals surface area (Å²) in [7, 11) is 3.31. The molecule has 0 aliphatic carbocycles. The number of hydrogen-bond acceptors (Lipinski definition) is 2. The molecule has 0 unspecified atom stereocenters. The van der Waals surface area contributed by atoms with Gasteiger partial charge in [-0.3, -0.25) is 0 Å². The highest BCUT2D eigenvalue weighted by molar-refractivity contribution is 5.55. The van der Waals surface area contributed by atoms with E-state index in [9.17, 15) is 0 Å². The molecule has 2 aromatic carbocycles. The summed E-state index contributed by atoms with van der Waals surface area (Å²) in [4.78, 5) is 0. The van der Waals surface area contributed by atoms with E-state index in [4.69, 9.17) is 9.47 Å². The number of para-hydroxylation sites is 1. The maximum Gasteiger partial charge on any atom is 0.126 e. The van der Waals surface area contributed by atoms with E-state index in [1.807, 2.05) is 48.5 Å². The molecule has 0 aliphatic heterocycles. The molecule has 2 nitrogen and oxygen atoms in total. The number of hydrogen-bond donors (Lipinski definition) is 0. The van der Waals surface area contributed by atoms with Gasteiger partial charge in [0.25, 0.3) is 0 Å². The fourth-order valence-electron chi connectivity index (χ4n) is 1.60. The summed E-state index contributed by atoms with van der Waals surface area (Å²) < 4.78 is 10.1. The minimum Gasteiger partial charge on any atom is -0.497 e. The second-order valence-electron chi connectivity index (χ2n) is 3.93. The Labute approximate surface area is 121 Å². The molecule has 0 amide bonds. The van der Waals surface area contributed by atoms with Crippen LogP contribution in [0.2, 0.25) is 0 Å². The molecule has 2 rings (SSSR count). The zero-order valence-corrected chi connectivity index (χ0v) is 12.0. The normalized spacial score (nSPS) is 8.90. The van der Waals surface area contributed by atoms with E-state index in [2.05, 4.69) is 13.2 Å². The Kier molecular flexibility index (Phi) is 6.69. The van der Waals surface area contributed by atoms with Crippen LogP contribution in [0.3, 0.4) is 0 Å². The number of methoxy groups -OCH3 is 2. The molecule has 104 valence electrons. The van der Waals surface area contributed by atoms with E-state index >= 15 is 0 Å². The fraction of sp³-hybridized carbons (Fsp3) is 0.111. The SMILES string of the molecule is C=Cc1cccc(OC)c1.C=Cc1ccccc1OC. The van der Waals surface area contributed by atoms with E-state index < -0.39 is 0 Å². The van der Waals surface area contributed by atoms with Crippen molar-refractivity contribution >= 4 is 12.2 Å². The predicted molar refractivity (Wildman–Crippen MR) is 86.2 cm³/mol. The van der Waals surface area contributed by atoms with Crippen LogP contribution in [-0.4, -0.2) is 14.2 Å². The van der Waals surface area contributed by atoms with Crippen molar-refractivity contribution < 1.29 is 9.47 Å². The Balaban J connectivity index is 0.000000200. The highest BCUT2D eigenvalue weighted by Gasteiger charge is 1.93. The van der Waals surface area contributed by atoms with Crippen LogP contribution >= 0.6 is 0 Å². The van der Waals surface area contributed by atoms with E-state index in [0.29, 0.717) is 0 Å². The maximum absolute atomic E-state index is 5.06. The van der Waals surface area contributed by atoms with Gasteiger partial charge in [0.05, 0.1) is 14.2 Å². The monoisotopic (exact) mass is 268 g/mol. The maximum atomic E-state index is 5.06. The van der Waals surface area contributed by atoms with Crippen LogP contribution in [0.5, 0.6) is 11.5 Å². The molecule has 0 saturated heterocycles. The third-order valence-electron chi connectivity index (χ3n) is 2.69. The second-order valence-corrected chi connectivity index (χ2v) is 3.93. The summed E-state index contributed by atoms with van der Waals surface area (Å²) in [5, 5.41) is 0. The first kappa shape index (κ1) is 15.6. The molecule has 0 fully saturated rings. The molecule has 2 aromatic rings.